The van der Waals surface area contributed by atoms with Crippen molar-refractivity contribution in [2.75, 3.05) is 4.90 Å². The van der Waals surface area contributed by atoms with Crippen LogP contribution in [-0.4, -0.2) is 16.4 Å². The molecule has 0 unspecified atom stereocenters. The number of amides is 2. The molecule has 1 aromatic heterocycles. The zero-order chi connectivity index (χ0) is 37.4. The molecule has 262 valence electrons. The van der Waals surface area contributed by atoms with Gasteiger partial charge >= 0.3 is 0 Å². The van der Waals surface area contributed by atoms with Crippen molar-refractivity contribution in [1.29, 1.82) is 0 Å². The van der Waals surface area contributed by atoms with Crippen LogP contribution in [0.15, 0.2) is 133 Å². The molecule has 0 radical (unpaired) electrons. The maximum Gasteiger partial charge on any atom is 0.268 e. The lowest BCUT2D eigenvalue weighted by Gasteiger charge is -2.16. The average Bonchev–Trinajstić information content (AvgIpc) is 3.60. The molecule has 8 aromatic rings. The van der Waals surface area contributed by atoms with Crippen LogP contribution < -0.4 is 4.90 Å². The van der Waals surface area contributed by atoms with E-state index in [9.17, 15) is 9.59 Å². The SMILES string of the molecule is Cc1cc(C)c(-c2ccc3c4ccc(-c5c(C)cc(C)cc5C)cc4n(-c4cccc5c4C(=O)N(c4ccc(-c6ccccc6)cc4)C5=O)c3c2)c(C)c1. The molecule has 4 heteroatoms. The first-order valence-corrected chi connectivity index (χ1v) is 18.5. The van der Waals surface area contributed by atoms with E-state index in [2.05, 4.69) is 119 Å². The minimum absolute atomic E-state index is 0.316. The van der Waals surface area contributed by atoms with Gasteiger partial charge in [-0.2, -0.15) is 0 Å². The molecular weight excluding hydrogens is 661 g/mol. The smallest absolute Gasteiger partial charge is 0.268 e. The zero-order valence-electron chi connectivity index (χ0n) is 31.4. The van der Waals surface area contributed by atoms with Gasteiger partial charge in [-0.25, -0.2) is 4.90 Å². The Bertz CT molecular complexity index is 2700. The Hall–Kier alpha value is -6.52. The molecule has 0 spiro atoms. The Kier molecular flexibility index (Phi) is 7.75. The molecule has 1 aliphatic rings. The molecule has 9 rings (SSSR count). The number of imide groups is 1. The summed E-state index contributed by atoms with van der Waals surface area (Å²) in [7, 11) is 0. The molecule has 0 bridgehead atoms. The molecule has 0 aliphatic carbocycles. The van der Waals surface area contributed by atoms with Crippen LogP contribution in [0.3, 0.4) is 0 Å². The number of benzene rings is 7. The fourth-order valence-electron chi connectivity index (χ4n) is 8.98. The van der Waals surface area contributed by atoms with Crippen LogP contribution in [0.25, 0.3) is 60.9 Å². The van der Waals surface area contributed by atoms with Crippen LogP contribution in [-0.2, 0) is 0 Å². The minimum atomic E-state index is -0.323. The van der Waals surface area contributed by atoms with Crippen molar-refractivity contribution < 1.29 is 9.59 Å². The van der Waals surface area contributed by atoms with Gasteiger partial charge in [-0.1, -0.05) is 108 Å². The summed E-state index contributed by atoms with van der Waals surface area (Å²) in [5.74, 6) is -0.640. The van der Waals surface area contributed by atoms with E-state index in [0.717, 1.165) is 44.1 Å². The van der Waals surface area contributed by atoms with Gasteiger partial charge in [0.15, 0.2) is 0 Å². The van der Waals surface area contributed by atoms with Gasteiger partial charge in [0.05, 0.1) is 33.5 Å². The normalized spacial score (nSPS) is 12.7. The zero-order valence-corrected chi connectivity index (χ0v) is 31.4. The quantitative estimate of drug-likeness (QED) is 0.168. The number of anilines is 1. The summed E-state index contributed by atoms with van der Waals surface area (Å²) in [6, 6.07) is 45.7. The molecule has 0 fully saturated rings. The maximum atomic E-state index is 14.7. The molecular formula is C50H40N2O2. The van der Waals surface area contributed by atoms with E-state index in [4.69, 9.17) is 0 Å². The van der Waals surface area contributed by atoms with Crippen LogP contribution >= 0.6 is 0 Å². The van der Waals surface area contributed by atoms with E-state index in [-0.39, 0.29) is 11.8 Å². The van der Waals surface area contributed by atoms with Crippen molar-refractivity contribution in [2.24, 2.45) is 0 Å². The van der Waals surface area contributed by atoms with Gasteiger partial charge in [0.2, 0.25) is 0 Å². The fourth-order valence-corrected chi connectivity index (χ4v) is 8.98. The second-order valence-corrected chi connectivity index (χ2v) is 14.9. The highest BCUT2D eigenvalue weighted by molar-refractivity contribution is 6.35. The standard InChI is InChI=1S/C50H40N2O2/c1-29-23-31(3)46(32(4)24-29)37-17-21-40-41-22-18-38(47-33(5)25-30(2)26-34(47)6)28-45(41)52(44(40)27-37)43-14-10-13-42-48(43)50(54)51(49(42)53)39-19-15-36(16-20-39)35-11-8-7-9-12-35/h7-28H,1-6H3. The highest BCUT2D eigenvalue weighted by atomic mass is 16.2. The summed E-state index contributed by atoms with van der Waals surface area (Å²) < 4.78 is 2.21. The van der Waals surface area contributed by atoms with Crippen molar-refractivity contribution in [2.45, 2.75) is 41.5 Å². The summed E-state index contributed by atoms with van der Waals surface area (Å²) in [4.78, 5) is 30.2. The highest BCUT2D eigenvalue weighted by Crippen LogP contribution is 2.42. The lowest BCUT2D eigenvalue weighted by Crippen LogP contribution is -2.29. The van der Waals surface area contributed by atoms with Gasteiger partial charge in [-0.15, -0.1) is 0 Å². The van der Waals surface area contributed by atoms with E-state index >= 15 is 0 Å². The fraction of sp³-hybridized carbons (Fsp3) is 0.120. The number of carbonyl (C=O) groups excluding carboxylic acids is 2. The first kappa shape index (κ1) is 33.3. The number of nitrogens with zero attached hydrogens (tertiary/aromatic N) is 2. The van der Waals surface area contributed by atoms with Gasteiger partial charge in [0.25, 0.3) is 11.8 Å². The van der Waals surface area contributed by atoms with Crippen molar-refractivity contribution in [1.82, 2.24) is 4.57 Å². The summed E-state index contributed by atoms with van der Waals surface area (Å²) in [5, 5.41) is 2.17. The Balaban J connectivity index is 1.27. The number of aryl methyl sites for hydroxylation is 6. The Morgan fingerprint density at radius 1 is 0.407 bits per heavy atom. The number of hydrogen-bond acceptors (Lipinski definition) is 2. The second-order valence-electron chi connectivity index (χ2n) is 14.9. The number of rotatable bonds is 5. The third kappa shape index (κ3) is 5.21. The van der Waals surface area contributed by atoms with Gasteiger partial charge in [-0.05, 0) is 134 Å². The summed E-state index contributed by atoms with van der Waals surface area (Å²) in [6.45, 7) is 12.9. The summed E-state index contributed by atoms with van der Waals surface area (Å²) in [5.41, 5.74) is 18.1. The van der Waals surface area contributed by atoms with Crippen LogP contribution in [0.4, 0.5) is 5.69 Å². The third-order valence-electron chi connectivity index (χ3n) is 11.1. The second kappa shape index (κ2) is 12.6. The van der Waals surface area contributed by atoms with E-state index in [1.807, 2.05) is 54.6 Å². The Morgan fingerprint density at radius 2 is 0.889 bits per heavy atom. The lowest BCUT2D eigenvalue weighted by atomic mass is 9.92. The topological polar surface area (TPSA) is 42.3 Å². The first-order chi connectivity index (χ1) is 26.1. The Labute approximate surface area is 315 Å². The number of carbonyl (C=O) groups is 2. The van der Waals surface area contributed by atoms with Gasteiger partial charge < -0.3 is 4.57 Å². The van der Waals surface area contributed by atoms with E-state index in [1.54, 1.807) is 6.07 Å². The predicted octanol–water partition coefficient (Wildman–Crippen LogP) is 12.4. The van der Waals surface area contributed by atoms with Crippen molar-refractivity contribution in [3.05, 3.63) is 178 Å². The van der Waals surface area contributed by atoms with Gasteiger partial charge in [-0.3, -0.25) is 9.59 Å². The van der Waals surface area contributed by atoms with E-state index in [1.165, 1.54) is 49.4 Å². The average molecular weight is 701 g/mol. The van der Waals surface area contributed by atoms with E-state index < -0.39 is 0 Å². The van der Waals surface area contributed by atoms with Crippen LogP contribution in [0.1, 0.15) is 54.1 Å². The van der Waals surface area contributed by atoms with Crippen molar-refractivity contribution in [3.63, 3.8) is 0 Å². The molecule has 0 atom stereocenters. The number of hydrogen-bond donors (Lipinski definition) is 0. The van der Waals surface area contributed by atoms with Gasteiger partial charge in [0, 0.05) is 10.8 Å². The number of fused-ring (bicyclic) bond motifs is 4. The molecule has 2 heterocycles. The van der Waals surface area contributed by atoms with Crippen molar-refractivity contribution in [3.8, 4) is 39.1 Å². The monoisotopic (exact) mass is 700 g/mol. The molecule has 0 saturated carbocycles. The molecule has 7 aromatic carbocycles. The van der Waals surface area contributed by atoms with Crippen LogP contribution in [0.5, 0.6) is 0 Å². The number of aromatic nitrogens is 1. The first-order valence-electron chi connectivity index (χ1n) is 18.5. The third-order valence-corrected chi connectivity index (χ3v) is 11.1. The van der Waals surface area contributed by atoms with Crippen LogP contribution in [0, 0.1) is 41.5 Å². The van der Waals surface area contributed by atoms with Crippen LogP contribution in [0.2, 0.25) is 0 Å². The largest absolute Gasteiger partial charge is 0.308 e. The maximum absolute atomic E-state index is 14.7. The van der Waals surface area contributed by atoms with Gasteiger partial charge in [0.1, 0.15) is 0 Å². The highest BCUT2D eigenvalue weighted by Gasteiger charge is 2.39. The Morgan fingerprint density at radius 3 is 1.41 bits per heavy atom. The predicted molar refractivity (Wildman–Crippen MR) is 223 cm³/mol. The minimum Gasteiger partial charge on any atom is -0.308 e. The molecule has 1 aliphatic heterocycles. The molecule has 54 heavy (non-hydrogen) atoms. The molecule has 2 amide bonds. The summed E-state index contributed by atoms with van der Waals surface area (Å²) >= 11 is 0. The molecule has 0 N–H and O–H groups in total. The van der Waals surface area contributed by atoms with E-state index in [0.29, 0.717) is 22.5 Å². The summed E-state index contributed by atoms with van der Waals surface area (Å²) in [6.07, 6.45) is 0. The molecule has 4 nitrogen and oxygen atoms in total. The lowest BCUT2D eigenvalue weighted by molar-refractivity contribution is 0.0926. The van der Waals surface area contributed by atoms with Crippen molar-refractivity contribution >= 4 is 39.3 Å². The molecule has 0 saturated heterocycles.